The van der Waals surface area contributed by atoms with Crippen molar-refractivity contribution in [1.29, 1.82) is 0 Å². The number of carbonyl (C=O) groups excluding carboxylic acids is 2. The van der Waals surface area contributed by atoms with Gasteiger partial charge in [0.25, 0.3) is 0 Å². The van der Waals surface area contributed by atoms with Crippen molar-refractivity contribution in [2.24, 2.45) is 12.8 Å². The normalized spacial score (nSPS) is 21.9. The number of aromatic hydroxyl groups is 1. The maximum Gasteiger partial charge on any atom is 0.404 e. The molecule has 4 aromatic rings. The minimum atomic E-state index is -1.49. The molecule has 12 heteroatoms. The largest absolute Gasteiger partial charge is 0.507 e. The van der Waals surface area contributed by atoms with E-state index in [2.05, 4.69) is 0 Å². The van der Waals surface area contributed by atoms with E-state index in [-0.39, 0.29) is 40.2 Å². The molecule has 0 aliphatic carbocycles. The molecule has 0 unspecified atom stereocenters. The number of aromatic nitrogens is 1. The summed E-state index contributed by atoms with van der Waals surface area (Å²) in [7, 11) is 3.28. The zero-order chi connectivity index (χ0) is 30.5. The molecule has 1 saturated heterocycles. The molecule has 2 aromatic heterocycles. The average Bonchev–Trinajstić information content (AvgIpc) is 3.30. The van der Waals surface area contributed by atoms with Crippen LogP contribution in [0, 0.1) is 6.92 Å². The highest BCUT2D eigenvalue weighted by Crippen LogP contribution is 2.38. The molecule has 5 rings (SSSR count). The van der Waals surface area contributed by atoms with Gasteiger partial charge in [0.1, 0.15) is 23.2 Å². The molecule has 4 atom stereocenters. The van der Waals surface area contributed by atoms with Crippen molar-refractivity contribution < 1.29 is 43.2 Å². The van der Waals surface area contributed by atoms with E-state index in [1.807, 2.05) is 29.9 Å². The predicted molar refractivity (Wildman–Crippen MR) is 151 cm³/mol. The molecule has 1 amide bonds. The zero-order valence-corrected chi connectivity index (χ0v) is 23.7. The van der Waals surface area contributed by atoms with Crippen LogP contribution in [0.25, 0.3) is 21.9 Å². The molecule has 1 aliphatic heterocycles. The summed E-state index contributed by atoms with van der Waals surface area (Å²) in [5.41, 5.74) is 4.80. The number of aryl methyl sites for hydroxylation is 2. The van der Waals surface area contributed by atoms with Gasteiger partial charge in [-0.1, -0.05) is 0 Å². The number of amides is 1. The third kappa shape index (κ3) is 5.08. The van der Waals surface area contributed by atoms with Crippen LogP contribution >= 0.6 is 0 Å². The number of ketones is 1. The van der Waals surface area contributed by atoms with Crippen molar-refractivity contribution in [3.8, 4) is 11.5 Å². The maximum atomic E-state index is 13.1. The highest BCUT2D eigenvalue weighted by Gasteiger charge is 2.53. The van der Waals surface area contributed by atoms with Crippen molar-refractivity contribution in [1.82, 2.24) is 4.57 Å². The predicted octanol–water partition coefficient (Wildman–Crippen LogP) is 3.08. The Kier molecular flexibility index (Phi) is 7.48. The van der Waals surface area contributed by atoms with Crippen molar-refractivity contribution in [3.63, 3.8) is 0 Å². The molecule has 4 N–H and O–H groups in total. The first-order chi connectivity index (χ1) is 19.8. The SMILES string of the molecule is CO[C@@H]1[C@@H](OC(N)=O)[C@@H](O)[C@H](Oc2ccc3c(O)c(CC(=O)c4ccc5c(ccn5C)c4)c(=O)oc3c2C)OC1(C)C. The van der Waals surface area contributed by atoms with E-state index in [9.17, 15) is 24.6 Å². The van der Waals surface area contributed by atoms with E-state index in [1.165, 1.54) is 19.2 Å². The molecule has 2 aromatic carbocycles. The summed E-state index contributed by atoms with van der Waals surface area (Å²) >= 11 is 0. The molecular formula is C30H32N2O10. The standard InChI is InChI=1S/C30H32N2O10/c1-14-21(39-28-23(35)25(41-29(31)37)26(38-5)30(2,3)42-28)9-7-17-22(34)18(27(36)40-24(14)17)13-20(33)16-6-8-19-15(12-16)10-11-32(19)4/h6-12,23,25-26,28,34-35H,13H2,1-5H3,(H2,31,37)/t23-,25+,26-,28-/m1/s1. The van der Waals surface area contributed by atoms with Gasteiger partial charge in [-0.3, -0.25) is 4.79 Å². The number of methoxy groups -OCH3 is 1. The topological polar surface area (TPSA) is 173 Å². The van der Waals surface area contributed by atoms with Crippen LogP contribution in [0.5, 0.6) is 11.5 Å². The third-order valence-electron chi connectivity index (χ3n) is 7.65. The number of hydrogen-bond acceptors (Lipinski definition) is 10. The fourth-order valence-corrected chi connectivity index (χ4v) is 5.47. The van der Waals surface area contributed by atoms with Crippen LogP contribution in [-0.4, -0.2) is 64.0 Å². The molecule has 3 heterocycles. The van der Waals surface area contributed by atoms with Crippen LogP contribution in [0.4, 0.5) is 4.79 Å². The molecule has 12 nitrogen and oxygen atoms in total. The second-order valence-electron chi connectivity index (χ2n) is 10.8. The third-order valence-corrected chi connectivity index (χ3v) is 7.65. The number of hydrogen-bond donors (Lipinski definition) is 3. The Bertz CT molecular complexity index is 1750. The maximum absolute atomic E-state index is 13.1. The van der Waals surface area contributed by atoms with Gasteiger partial charge in [-0.25, -0.2) is 9.59 Å². The van der Waals surface area contributed by atoms with Gasteiger partial charge in [0.2, 0.25) is 6.29 Å². The number of Topliss-reactive ketones (excluding diaryl/α,β-unsaturated/α-hetero) is 1. The lowest BCUT2D eigenvalue weighted by Crippen LogP contribution is -2.65. The summed E-state index contributed by atoms with van der Waals surface area (Å²) in [6, 6.07) is 10.1. The monoisotopic (exact) mass is 580 g/mol. The number of nitrogens with two attached hydrogens (primary N) is 1. The highest BCUT2D eigenvalue weighted by molar-refractivity contribution is 6.01. The second-order valence-corrected chi connectivity index (χ2v) is 10.8. The van der Waals surface area contributed by atoms with Crippen molar-refractivity contribution in [2.45, 2.75) is 57.4 Å². The van der Waals surface area contributed by atoms with Crippen molar-refractivity contribution in [2.75, 3.05) is 7.11 Å². The molecule has 0 saturated carbocycles. The number of rotatable bonds is 7. The lowest BCUT2D eigenvalue weighted by molar-refractivity contribution is -0.304. The molecule has 1 aliphatic rings. The van der Waals surface area contributed by atoms with Crippen molar-refractivity contribution in [3.05, 3.63) is 69.7 Å². The molecular weight excluding hydrogens is 548 g/mol. The smallest absolute Gasteiger partial charge is 0.404 e. The van der Waals surface area contributed by atoms with Gasteiger partial charge >= 0.3 is 11.7 Å². The van der Waals surface area contributed by atoms with Crippen LogP contribution in [0.1, 0.15) is 35.3 Å². The van der Waals surface area contributed by atoms with E-state index in [0.29, 0.717) is 11.1 Å². The number of primary amides is 1. The average molecular weight is 581 g/mol. The number of nitrogens with zero attached hydrogens (tertiary/aromatic N) is 1. The highest BCUT2D eigenvalue weighted by atomic mass is 16.7. The Morgan fingerprint density at radius 3 is 2.60 bits per heavy atom. The van der Waals surface area contributed by atoms with Gasteiger partial charge in [0.05, 0.1) is 16.6 Å². The summed E-state index contributed by atoms with van der Waals surface area (Å²) < 4.78 is 29.9. The number of ether oxygens (including phenoxy) is 4. The van der Waals surface area contributed by atoms with Crippen LogP contribution in [0.15, 0.2) is 51.8 Å². The van der Waals surface area contributed by atoms with Crippen LogP contribution in [0.2, 0.25) is 0 Å². The number of benzene rings is 2. The van der Waals surface area contributed by atoms with E-state index in [1.54, 1.807) is 32.9 Å². The Morgan fingerprint density at radius 1 is 1.17 bits per heavy atom. The molecule has 1 fully saturated rings. The minimum absolute atomic E-state index is 0.0289. The summed E-state index contributed by atoms with van der Waals surface area (Å²) in [5.74, 6) is -0.566. The van der Waals surface area contributed by atoms with Gasteiger partial charge in [0.15, 0.2) is 18.0 Å². The van der Waals surface area contributed by atoms with Crippen LogP contribution < -0.4 is 16.1 Å². The molecule has 0 radical (unpaired) electrons. The fraction of sp³-hybridized carbons (Fsp3) is 0.367. The van der Waals surface area contributed by atoms with Crippen LogP contribution in [0.3, 0.4) is 0 Å². The lowest BCUT2D eigenvalue weighted by atomic mass is 9.89. The molecule has 222 valence electrons. The first kappa shape index (κ1) is 29.1. The Labute approximate surface area is 240 Å². The van der Waals surface area contributed by atoms with E-state index < -0.39 is 41.9 Å². The first-order valence-electron chi connectivity index (χ1n) is 13.2. The van der Waals surface area contributed by atoms with E-state index >= 15 is 0 Å². The number of aliphatic hydroxyl groups is 1. The molecule has 0 spiro atoms. The van der Waals surface area contributed by atoms with Gasteiger partial charge in [-0.2, -0.15) is 0 Å². The fourth-order valence-electron chi connectivity index (χ4n) is 5.47. The van der Waals surface area contributed by atoms with Gasteiger partial charge in [0, 0.05) is 48.8 Å². The quantitative estimate of drug-likeness (QED) is 0.218. The lowest BCUT2D eigenvalue weighted by Gasteiger charge is -2.47. The van der Waals surface area contributed by atoms with E-state index in [4.69, 9.17) is 29.1 Å². The second kappa shape index (κ2) is 10.8. The summed E-state index contributed by atoms with van der Waals surface area (Å²) in [4.78, 5) is 37.6. The Morgan fingerprint density at radius 2 is 1.90 bits per heavy atom. The Balaban J connectivity index is 1.44. The van der Waals surface area contributed by atoms with E-state index in [0.717, 1.165) is 10.9 Å². The minimum Gasteiger partial charge on any atom is -0.507 e. The van der Waals surface area contributed by atoms with Gasteiger partial charge in [-0.05, 0) is 57.2 Å². The molecule has 0 bridgehead atoms. The number of aliphatic hydroxyl groups excluding tert-OH is 1. The summed E-state index contributed by atoms with van der Waals surface area (Å²) in [6.07, 6.45) is -4.46. The zero-order valence-electron chi connectivity index (χ0n) is 23.7. The number of carbonyl (C=O) groups is 2. The first-order valence-corrected chi connectivity index (χ1v) is 13.2. The summed E-state index contributed by atoms with van der Waals surface area (Å²) in [5, 5.41) is 23.0. The number of fused-ring (bicyclic) bond motifs is 2. The summed E-state index contributed by atoms with van der Waals surface area (Å²) in [6.45, 7) is 4.94. The van der Waals surface area contributed by atoms with Gasteiger partial charge < -0.3 is 43.9 Å². The van der Waals surface area contributed by atoms with Crippen molar-refractivity contribution >= 4 is 33.7 Å². The Hall–Kier alpha value is -4.39. The van der Waals surface area contributed by atoms with Gasteiger partial charge in [-0.15, -0.1) is 0 Å². The van der Waals surface area contributed by atoms with Crippen LogP contribution in [-0.2, 0) is 27.7 Å². The molecule has 42 heavy (non-hydrogen) atoms.